The quantitative estimate of drug-likeness (QED) is 0.265. The summed E-state index contributed by atoms with van der Waals surface area (Å²) in [4.78, 5) is 16.0. The molecule has 5 fully saturated rings. The number of halogens is 3. The number of nitrogens with one attached hydrogen (secondary N) is 2. The van der Waals surface area contributed by atoms with Crippen LogP contribution < -0.4 is 20.3 Å². The SMILES string of the molecule is COc1cc(N2CCN(C3C4CC5CC3CC(N(C)C)(C5)C4)CC2)ccc1Nc1ncc(C(F)(F)F)c(Nc2c(C)cccc2C)n1. The van der Waals surface area contributed by atoms with Crippen LogP contribution in [0.4, 0.5) is 42.0 Å². The molecule has 0 radical (unpaired) electrons. The van der Waals surface area contributed by atoms with Gasteiger partial charge in [0.1, 0.15) is 17.1 Å². The van der Waals surface area contributed by atoms with Gasteiger partial charge in [-0.25, -0.2) is 4.98 Å². The Morgan fingerprint density at radius 3 is 2.23 bits per heavy atom. The van der Waals surface area contributed by atoms with Crippen molar-refractivity contribution in [2.75, 3.05) is 62.9 Å². The second-order valence-corrected chi connectivity index (χ2v) is 14.5. The van der Waals surface area contributed by atoms with Gasteiger partial charge in [0.05, 0.1) is 12.8 Å². The van der Waals surface area contributed by atoms with Gasteiger partial charge in [0.15, 0.2) is 0 Å². The average Bonchev–Trinajstić information content (AvgIpc) is 3.02. The normalized spacial score (nSPS) is 27.4. The van der Waals surface area contributed by atoms with Crippen molar-refractivity contribution in [3.05, 3.63) is 59.3 Å². The lowest BCUT2D eigenvalue weighted by Gasteiger charge is -2.64. The third kappa shape index (κ3) is 6.01. The van der Waals surface area contributed by atoms with E-state index >= 15 is 0 Å². The molecule has 2 N–H and O–H groups in total. The standard InChI is InChI=1S/C36H46F3N7O/c1-22-7-6-8-23(2)31(22)42-33-28(36(37,38)39)21-40-34(43-33)41-29-10-9-27(17-30(29)47-5)45-11-13-46(14-12-45)32-25-15-24-16-26(32)20-35(18-24,19-25)44(3)4/h6-10,17,21,24-26,32H,11-16,18-20H2,1-5H3,(H2,40,41,42,43). The molecule has 252 valence electrons. The van der Waals surface area contributed by atoms with Crippen molar-refractivity contribution < 1.29 is 17.9 Å². The second-order valence-electron chi connectivity index (χ2n) is 14.5. The Bertz CT molecular complexity index is 1580. The number of alkyl halides is 3. The summed E-state index contributed by atoms with van der Waals surface area (Å²) in [6.45, 7) is 7.69. The number of anilines is 5. The molecule has 2 aromatic carbocycles. The van der Waals surface area contributed by atoms with Crippen LogP contribution >= 0.6 is 0 Å². The number of methoxy groups -OCH3 is 1. The van der Waals surface area contributed by atoms with Crippen LogP contribution in [0.15, 0.2) is 42.6 Å². The van der Waals surface area contributed by atoms with Crippen molar-refractivity contribution in [3.8, 4) is 5.75 Å². The first-order valence-electron chi connectivity index (χ1n) is 16.8. The molecule has 1 aromatic heterocycles. The zero-order chi connectivity index (χ0) is 33.1. The topological polar surface area (TPSA) is 68.8 Å². The van der Waals surface area contributed by atoms with E-state index in [1.807, 2.05) is 50.2 Å². The summed E-state index contributed by atoms with van der Waals surface area (Å²) in [5.41, 5.74) is 3.36. The molecule has 2 unspecified atom stereocenters. The van der Waals surface area contributed by atoms with Crippen molar-refractivity contribution in [3.63, 3.8) is 0 Å². The summed E-state index contributed by atoms with van der Waals surface area (Å²) in [5.74, 6) is 2.83. The van der Waals surface area contributed by atoms with Crippen LogP contribution in [0.2, 0.25) is 0 Å². The third-order valence-corrected chi connectivity index (χ3v) is 11.5. The highest BCUT2D eigenvalue weighted by atomic mass is 19.4. The van der Waals surface area contributed by atoms with Gasteiger partial charge in [-0.05, 0) is 101 Å². The summed E-state index contributed by atoms with van der Waals surface area (Å²) in [6.07, 6.45) is 3.06. The van der Waals surface area contributed by atoms with Crippen LogP contribution in [0.1, 0.15) is 48.8 Å². The van der Waals surface area contributed by atoms with Gasteiger partial charge in [0.2, 0.25) is 5.95 Å². The van der Waals surface area contributed by atoms with E-state index in [2.05, 4.69) is 49.4 Å². The second kappa shape index (κ2) is 12.1. The lowest BCUT2D eigenvalue weighted by molar-refractivity contribution is -0.137. The summed E-state index contributed by atoms with van der Waals surface area (Å²) in [5, 5.41) is 6.01. The maximum atomic E-state index is 13.9. The summed E-state index contributed by atoms with van der Waals surface area (Å²) >= 11 is 0. The van der Waals surface area contributed by atoms with E-state index in [9.17, 15) is 13.2 Å². The zero-order valence-electron chi connectivity index (χ0n) is 28.0. The number of aryl methyl sites for hydroxylation is 2. The van der Waals surface area contributed by atoms with E-state index in [1.54, 1.807) is 7.11 Å². The van der Waals surface area contributed by atoms with Gasteiger partial charge in [-0.15, -0.1) is 0 Å². The number of aromatic nitrogens is 2. The molecule has 5 aliphatic rings. The minimum Gasteiger partial charge on any atom is -0.494 e. The van der Waals surface area contributed by atoms with Crippen molar-refractivity contribution in [1.29, 1.82) is 0 Å². The van der Waals surface area contributed by atoms with Crippen LogP contribution in [-0.4, -0.2) is 78.7 Å². The largest absolute Gasteiger partial charge is 0.494 e. The Morgan fingerprint density at radius 2 is 1.62 bits per heavy atom. The first-order valence-corrected chi connectivity index (χ1v) is 16.8. The molecule has 8 nitrogen and oxygen atoms in total. The van der Waals surface area contributed by atoms with Crippen molar-refractivity contribution >= 4 is 28.8 Å². The minimum atomic E-state index is -4.62. The Kier molecular flexibility index (Phi) is 8.27. The molecule has 8 rings (SSSR count). The van der Waals surface area contributed by atoms with E-state index in [0.29, 0.717) is 28.7 Å². The predicted molar refractivity (Wildman–Crippen MR) is 180 cm³/mol. The number of ether oxygens (including phenoxy) is 1. The summed E-state index contributed by atoms with van der Waals surface area (Å²) in [6, 6.07) is 12.2. The molecule has 11 heteroatoms. The van der Waals surface area contributed by atoms with Crippen molar-refractivity contribution in [2.45, 2.75) is 63.7 Å². The first-order chi connectivity index (χ1) is 22.4. The van der Waals surface area contributed by atoms with Crippen LogP contribution in [0, 0.1) is 31.6 Å². The molecule has 4 saturated carbocycles. The fourth-order valence-electron chi connectivity index (χ4n) is 9.35. The van der Waals surface area contributed by atoms with Crippen LogP contribution in [-0.2, 0) is 6.18 Å². The van der Waals surface area contributed by atoms with E-state index < -0.39 is 11.7 Å². The van der Waals surface area contributed by atoms with E-state index in [0.717, 1.165) is 66.9 Å². The number of nitrogens with zero attached hydrogens (tertiary/aromatic N) is 5. The summed E-state index contributed by atoms with van der Waals surface area (Å²) < 4.78 is 47.5. The molecule has 4 aliphatic carbocycles. The lowest BCUT2D eigenvalue weighted by Crippen LogP contribution is -2.67. The minimum absolute atomic E-state index is 0.0399. The van der Waals surface area contributed by atoms with E-state index in [-0.39, 0.29) is 11.8 Å². The molecule has 2 atom stereocenters. The zero-order valence-corrected chi connectivity index (χ0v) is 28.0. The fraction of sp³-hybridized carbons (Fsp3) is 0.556. The molecule has 2 heterocycles. The summed E-state index contributed by atoms with van der Waals surface area (Å²) in [7, 11) is 6.17. The molecular weight excluding hydrogens is 603 g/mol. The molecular formula is C36H46F3N7O. The van der Waals surface area contributed by atoms with Crippen molar-refractivity contribution in [2.24, 2.45) is 17.8 Å². The number of para-hydroxylation sites is 1. The Morgan fingerprint density at radius 1 is 0.936 bits per heavy atom. The van der Waals surface area contributed by atoms with Gasteiger partial charge < -0.3 is 25.2 Å². The molecule has 0 amide bonds. The van der Waals surface area contributed by atoms with Gasteiger partial charge in [0, 0.05) is 61.4 Å². The van der Waals surface area contributed by atoms with E-state index in [1.165, 1.54) is 32.1 Å². The van der Waals surface area contributed by atoms with Gasteiger partial charge in [0.25, 0.3) is 0 Å². The smallest absolute Gasteiger partial charge is 0.421 e. The number of hydrogen-bond acceptors (Lipinski definition) is 8. The van der Waals surface area contributed by atoms with Crippen LogP contribution in [0.25, 0.3) is 0 Å². The van der Waals surface area contributed by atoms with Gasteiger partial charge >= 0.3 is 6.18 Å². The third-order valence-electron chi connectivity index (χ3n) is 11.5. The predicted octanol–water partition coefficient (Wildman–Crippen LogP) is 7.24. The van der Waals surface area contributed by atoms with Gasteiger partial charge in [-0.2, -0.15) is 18.2 Å². The Balaban J connectivity index is 1.05. The molecule has 3 aromatic rings. The number of piperazine rings is 1. The van der Waals surface area contributed by atoms with Gasteiger partial charge in [-0.1, -0.05) is 18.2 Å². The van der Waals surface area contributed by atoms with Crippen LogP contribution in [0.5, 0.6) is 5.75 Å². The molecule has 47 heavy (non-hydrogen) atoms. The molecule has 0 spiro atoms. The van der Waals surface area contributed by atoms with Gasteiger partial charge in [-0.3, -0.25) is 4.90 Å². The highest BCUT2D eigenvalue weighted by Crippen LogP contribution is 2.58. The van der Waals surface area contributed by atoms with E-state index in [4.69, 9.17) is 4.74 Å². The van der Waals surface area contributed by atoms with Crippen molar-refractivity contribution in [1.82, 2.24) is 19.8 Å². The highest BCUT2D eigenvalue weighted by molar-refractivity contribution is 5.71. The molecule has 1 saturated heterocycles. The first kappa shape index (κ1) is 32.0. The maximum absolute atomic E-state index is 13.9. The average molecular weight is 650 g/mol. The number of hydrogen-bond donors (Lipinski definition) is 2. The molecule has 4 bridgehead atoms. The van der Waals surface area contributed by atoms with Crippen LogP contribution in [0.3, 0.4) is 0 Å². The molecule has 1 aliphatic heterocycles. The number of rotatable bonds is 8. The maximum Gasteiger partial charge on any atom is 0.421 e. The Labute approximate surface area is 275 Å². The highest BCUT2D eigenvalue weighted by Gasteiger charge is 2.57. The lowest BCUT2D eigenvalue weighted by atomic mass is 9.50. The number of benzene rings is 2. The fourth-order valence-corrected chi connectivity index (χ4v) is 9.35. The Hall–Kier alpha value is -3.57. The monoisotopic (exact) mass is 649 g/mol.